The van der Waals surface area contributed by atoms with Gasteiger partial charge in [-0.1, -0.05) is 6.08 Å². The Labute approximate surface area is 157 Å². The molecule has 0 saturated heterocycles. The fourth-order valence-corrected chi connectivity index (χ4v) is 3.33. The van der Waals surface area contributed by atoms with Gasteiger partial charge in [0.15, 0.2) is 5.69 Å². The molecule has 28 heavy (non-hydrogen) atoms. The second-order valence-corrected chi connectivity index (χ2v) is 6.52. The number of aromatic amines is 2. The summed E-state index contributed by atoms with van der Waals surface area (Å²) in [5.74, 6) is 0. The number of halogens is 3. The molecule has 2 heterocycles. The Bertz CT molecular complexity index is 1130. The monoisotopic (exact) mass is 384 g/mol. The first-order valence-electron chi connectivity index (χ1n) is 8.74. The highest BCUT2D eigenvalue weighted by Crippen LogP contribution is 2.34. The average molecular weight is 384 g/mol. The van der Waals surface area contributed by atoms with Crippen LogP contribution in [0.2, 0.25) is 0 Å². The zero-order valence-corrected chi connectivity index (χ0v) is 14.6. The Balaban J connectivity index is 1.93. The number of H-pyrrole nitrogens is 2. The van der Waals surface area contributed by atoms with E-state index in [9.17, 15) is 18.4 Å². The molecule has 6 nitrogen and oxygen atoms in total. The molecule has 0 unspecified atom stereocenters. The summed E-state index contributed by atoms with van der Waals surface area (Å²) in [6, 6.07) is 5.29. The second-order valence-electron chi connectivity index (χ2n) is 6.52. The molecule has 0 fully saturated rings. The van der Waals surface area contributed by atoms with Crippen LogP contribution in [-0.4, -0.2) is 26.1 Å². The molecule has 2 N–H and O–H groups in total. The number of fused-ring (bicyclic) bond motifs is 1. The molecule has 1 aliphatic carbocycles. The first-order valence-corrected chi connectivity index (χ1v) is 8.74. The van der Waals surface area contributed by atoms with Crippen LogP contribution in [0.1, 0.15) is 42.5 Å². The van der Waals surface area contributed by atoms with Crippen molar-refractivity contribution in [2.45, 2.75) is 31.9 Å². The zero-order valence-electron chi connectivity index (χ0n) is 14.6. The Morgan fingerprint density at radius 3 is 2.82 bits per heavy atom. The van der Waals surface area contributed by atoms with E-state index in [1.807, 2.05) is 6.08 Å². The molecule has 0 radical (unpaired) electrons. The van der Waals surface area contributed by atoms with Crippen molar-refractivity contribution in [3.63, 3.8) is 0 Å². The molecule has 3 aromatic rings. The number of nitriles is 1. The molecule has 0 aliphatic heterocycles. The van der Waals surface area contributed by atoms with Gasteiger partial charge < -0.3 is 0 Å². The average Bonchev–Trinajstić information content (AvgIpc) is 3.34. The van der Waals surface area contributed by atoms with Gasteiger partial charge in [-0.3, -0.25) is 10.2 Å². The Hall–Kier alpha value is -3.41. The number of hydrogen-bond donors (Lipinski definition) is 2. The summed E-state index contributed by atoms with van der Waals surface area (Å²) >= 11 is 0. The van der Waals surface area contributed by atoms with Crippen LogP contribution >= 0.6 is 0 Å². The van der Waals surface area contributed by atoms with Gasteiger partial charge in [-0.25, -0.2) is 4.99 Å². The van der Waals surface area contributed by atoms with Crippen molar-refractivity contribution in [1.82, 2.24) is 20.4 Å². The topological polar surface area (TPSA) is 93.5 Å². The Kier molecular flexibility index (Phi) is 4.47. The largest absolute Gasteiger partial charge is 0.435 e. The first-order chi connectivity index (χ1) is 13.5. The predicted molar refractivity (Wildman–Crippen MR) is 97.1 cm³/mol. The van der Waals surface area contributed by atoms with Crippen molar-refractivity contribution in [3.05, 3.63) is 53.0 Å². The van der Waals surface area contributed by atoms with E-state index in [-0.39, 0.29) is 16.8 Å². The summed E-state index contributed by atoms with van der Waals surface area (Å²) in [5, 5.41) is 22.6. The van der Waals surface area contributed by atoms with Crippen molar-refractivity contribution < 1.29 is 13.2 Å². The van der Waals surface area contributed by atoms with Crippen LogP contribution in [0.4, 0.5) is 18.9 Å². The van der Waals surface area contributed by atoms with E-state index in [1.54, 1.807) is 18.3 Å². The number of allylic oxidation sites excluding steroid dienone is 2. The summed E-state index contributed by atoms with van der Waals surface area (Å²) in [6.45, 7) is 0. The fourth-order valence-electron chi connectivity index (χ4n) is 3.33. The molecular formula is C19H15F3N6. The normalized spacial score (nSPS) is 15.5. The van der Waals surface area contributed by atoms with Crippen molar-refractivity contribution in [1.29, 1.82) is 5.26 Å². The summed E-state index contributed by atoms with van der Waals surface area (Å²) in [4.78, 5) is 4.52. The lowest BCUT2D eigenvalue weighted by Crippen LogP contribution is -2.15. The SMILES string of the molecule is N#Cc1cc2[nH]ncc2cc1/N=C(\C1=CCCCC1)c1c[nH]nc1C(F)(F)F. The number of aliphatic imine (C=N–C) groups is 1. The van der Waals surface area contributed by atoms with Crippen LogP contribution in [0.3, 0.4) is 0 Å². The minimum absolute atomic E-state index is 0.114. The maximum Gasteiger partial charge on any atom is 0.435 e. The third kappa shape index (κ3) is 3.29. The number of alkyl halides is 3. The van der Waals surface area contributed by atoms with E-state index in [0.717, 1.165) is 30.2 Å². The van der Waals surface area contributed by atoms with Crippen LogP contribution < -0.4 is 0 Å². The third-order valence-electron chi connectivity index (χ3n) is 4.67. The zero-order chi connectivity index (χ0) is 19.7. The van der Waals surface area contributed by atoms with Gasteiger partial charge in [-0.2, -0.15) is 28.6 Å². The summed E-state index contributed by atoms with van der Waals surface area (Å²) < 4.78 is 40.3. The molecule has 1 aliphatic rings. The summed E-state index contributed by atoms with van der Waals surface area (Å²) in [6.07, 6.45) is 3.34. The van der Waals surface area contributed by atoms with Crippen LogP contribution in [0.25, 0.3) is 10.9 Å². The lowest BCUT2D eigenvalue weighted by molar-refractivity contribution is -0.141. The van der Waals surface area contributed by atoms with E-state index in [1.165, 1.54) is 6.20 Å². The van der Waals surface area contributed by atoms with E-state index in [2.05, 4.69) is 31.5 Å². The van der Waals surface area contributed by atoms with E-state index in [4.69, 9.17) is 0 Å². The molecule has 0 amide bonds. The fraction of sp³-hybridized carbons (Fsp3) is 0.263. The molecule has 0 atom stereocenters. The van der Waals surface area contributed by atoms with E-state index < -0.39 is 11.9 Å². The van der Waals surface area contributed by atoms with Gasteiger partial charge in [-0.05, 0) is 43.4 Å². The maximum atomic E-state index is 13.4. The lowest BCUT2D eigenvalue weighted by Gasteiger charge is -2.16. The van der Waals surface area contributed by atoms with Gasteiger partial charge >= 0.3 is 6.18 Å². The highest BCUT2D eigenvalue weighted by atomic mass is 19.4. The number of rotatable bonds is 3. The number of nitrogens with zero attached hydrogens (tertiary/aromatic N) is 4. The summed E-state index contributed by atoms with van der Waals surface area (Å²) in [7, 11) is 0. The predicted octanol–water partition coefficient (Wildman–Crippen LogP) is 4.80. The van der Waals surface area contributed by atoms with Gasteiger partial charge in [0.2, 0.25) is 0 Å². The molecule has 4 rings (SSSR count). The second kappa shape index (κ2) is 6.96. The third-order valence-corrected chi connectivity index (χ3v) is 4.67. The van der Waals surface area contributed by atoms with Crippen LogP contribution in [0.5, 0.6) is 0 Å². The van der Waals surface area contributed by atoms with Crippen molar-refractivity contribution >= 4 is 22.3 Å². The first kappa shape index (κ1) is 18.0. The molecular weight excluding hydrogens is 369 g/mol. The smallest absolute Gasteiger partial charge is 0.284 e. The number of benzene rings is 1. The molecule has 0 saturated carbocycles. The van der Waals surface area contributed by atoms with Crippen LogP contribution in [-0.2, 0) is 6.18 Å². The minimum atomic E-state index is -4.61. The number of nitrogens with one attached hydrogen (secondary N) is 2. The van der Waals surface area contributed by atoms with E-state index in [0.29, 0.717) is 17.6 Å². The highest BCUT2D eigenvalue weighted by Gasteiger charge is 2.38. The minimum Gasteiger partial charge on any atom is -0.284 e. The molecule has 2 aromatic heterocycles. The van der Waals surface area contributed by atoms with Crippen molar-refractivity contribution in [2.75, 3.05) is 0 Å². The molecule has 9 heteroatoms. The molecule has 0 bridgehead atoms. The van der Waals surface area contributed by atoms with Gasteiger partial charge in [0.25, 0.3) is 0 Å². The summed E-state index contributed by atoms with van der Waals surface area (Å²) in [5.41, 5.74) is 1.01. The highest BCUT2D eigenvalue weighted by molar-refractivity contribution is 6.14. The van der Waals surface area contributed by atoms with Gasteiger partial charge in [-0.15, -0.1) is 0 Å². The van der Waals surface area contributed by atoms with Crippen LogP contribution in [0.15, 0.2) is 41.2 Å². The quantitative estimate of drug-likeness (QED) is 0.635. The van der Waals surface area contributed by atoms with Gasteiger partial charge in [0, 0.05) is 11.6 Å². The van der Waals surface area contributed by atoms with Crippen molar-refractivity contribution in [3.8, 4) is 6.07 Å². The molecule has 142 valence electrons. The maximum absolute atomic E-state index is 13.4. The number of aromatic nitrogens is 4. The molecule has 1 aromatic carbocycles. The molecule has 0 spiro atoms. The van der Waals surface area contributed by atoms with Crippen LogP contribution in [0, 0.1) is 11.3 Å². The van der Waals surface area contributed by atoms with Gasteiger partial charge in [0.05, 0.1) is 34.2 Å². The standard InChI is InChI=1S/C19H15F3N6/c20-19(21,22)18-14(10-25-28-18)17(11-4-2-1-3-5-11)26-15-7-13-9-24-27-16(13)6-12(15)8-23/h4,6-7,9-10H,1-3,5H2,(H,24,27)(H,25,28)/b26-17+. The van der Waals surface area contributed by atoms with Gasteiger partial charge in [0.1, 0.15) is 6.07 Å². The Morgan fingerprint density at radius 1 is 1.25 bits per heavy atom. The van der Waals surface area contributed by atoms with Crippen molar-refractivity contribution in [2.24, 2.45) is 4.99 Å². The lowest BCUT2D eigenvalue weighted by atomic mass is 9.92. The Morgan fingerprint density at radius 2 is 2.11 bits per heavy atom. The van der Waals surface area contributed by atoms with E-state index >= 15 is 0 Å². The number of hydrogen-bond acceptors (Lipinski definition) is 4.